The molecule has 0 unspecified atom stereocenters. The van der Waals surface area contributed by atoms with Crippen LogP contribution in [0.4, 0.5) is 4.39 Å². The Balaban J connectivity index is 2.40. The Morgan fingerprint density at radius 1 is 1.33 bits per heavy atom. The Labute approximate surface area is 113 Å². The van der Waals surface area contributed by atoms with E-state index in [0.29, 0.717) is 18.1 Å². The number of hydrogen-bond donors (Lipinski definition) is 1. The fourth-order valence-corrected chi connectivity index (χ4v) is 1.89. The summed E-state index contributed by atoms with van der Waals surface area (Å²) in [6, 6.07) is 2.85. The highest BCUT2D eigenvalue weighted by Crippen LogP contribution is 2.26. The highest BCUT2D eigenvalue weighted by Gasteiger charge is 2.12. The molecule has 0 aliphatic heterocycles. The van der Waals surface area contributed by atoms with E-state index in [4.69, 9.17) is 23.2 Å². The quantitative estimate of drug-likeness (QED) is 0.877. The lowest BCUT2D eigenvalue weighted by Crippen LogP contribution is -2.16. The molecule has 1 aromatic heterocycles. The molecular weight excluding hydrogens is 280 g/mol. The lowest BCUT2D eigenvalue weighted by Gasteiger charge is -2.06. The van der Waals surface area contributed by atoms with Crippen LogP contribution in [-0.4, -0.2) is 26.8 Å². The predicted octanol–water partition coefficient (Wildman–Crippen LogP) is 2.22. The van der Waals surface area contributed by atoms with Crippen LogP contribution >= 0.6 is 23.2 Å². The number of hydrogen-bond acceptors (Lipinski definition) is 4. The predicted molar refractivity (Wildman–Crippen MR) is 66.5 cm³/mol. The SMILES string of the molecule is CCNCc1nnnn1-c1cc(Cl)c(F)c(Cl)c1. The summed E-state index contributed by atoms with van der Waals surface area (Å²) < 4.78 is 14.8. The van der Waals surface area contributed by atoms with Gasteiger partial charge in [0.25, 0.3) is 0 Å². The largest absolute Gasteiger partial charge is 0.310 e. The highest BCUT2D eigenvalue weighted by molar-refractivity contribution is 6.35. The normalized spacial score (nSPS) is 10.9. The number of halogens is 3. The van der Waals surface area contributed by atoms with Crippen molar-refractivity contribution in [2.24, 2.45) is 0 Å². The molecule has 0 aliphatic carbocycles. The third-order valence-electron chi connectivity index (χ3n) is 2.28. The average Bonchev–Trinajstić information content (AvgIpc) is 2.81. The number of nitrogens with one attached hydrogen (secondary N) is 1. The van der Waals surface area contributed by atoms with Gasteiger partial charge in [-0.15, -0.1) is 5.10 Å². The van der Waals surface area contributed by atoms with Crippen LogP contribution in [0.2, 0.25) is 10.0 Å². The summed E-state index contributed by atoms with van der Waals surface area (Å²) in [7, 11) is 0. The zero-order valence-electron chi connectivity index (χ0n) is 9.49. The lowest BCUT2D eigenvalue weighted by molar-refractivity contribution is 0.626. The molecule has 5 nitrogen and oxygen atoms in total. The summed E-state index contributed by atoms with van der Waals surface area (Å²) in [4.78, 5) is 0. The fourth-order valence-electron chi connectivity index (χ4n) is 1.42. The maximum absolute atomic E-state index is 13.3. The Kier molecular flexibility index (Phi) is 4.11. The molecule has 1 heterocycles. The van der Waals surface area contributed by atoms with E-state index in [1.54, 1.807) is 0 Å². The molecule has 2 aromatic rings. The van der Waals surface area contributed by atoms with Gasteiger partial charge in [-0.3, -0.25) is 0 Å². The van der Waals surface area contributed by atoms with Crippen molar-refractivity contribution in [2.45, 2.75) is 13.5 Å². The number of aromatic nitrogens is 4. The van der Waals surface area contributed by atoms with Crippen molar-refractivity contribution in [3.05, 3.63) is 33.8 Å². The minimum Gasteiger partial charge on any atom is -0.310 e. The van der Waals surface area contributed by atoms with Gasteiger partial charge in [-0.25, -0.2) is 4.39 Å². The molecular formula is C10H10Cl2FN5. The molecule has 0 bridgehead atoms. The number of nitrogens with zero attached hydrogens (tertiary/aromatic N) is 4. The molecule has 8 heteroatoms. The van der Waals surface area contributed by atoms with Crippen LogP contribution < -0.4 is 5.32 Å². The van der Waals surface area contributed by atoms with Gasteiger partial charge in [0.2, 0.25) is 0 Å². The van der Waals surface area contributed by atoms with E-state index in [9.17, 15) is 4.39 Å². The number of rotatable bonds is 4. The maximum atomic E-state index is 13.3. The zero-order chi connectivity index (χ0) is 13.1. The summed E-state index contributed by atoms with van der Waals surface area (Å²) >= 11 is 11.5. The van der Waals surface area contributed by atoms with E-state index in [-0.39, 0.29) is 10.0 Å². The molecule has 0 saturated heterocycles. The van der Waals surface area contributed by atoms with Crippen molar-refractivity contribution in [1.82, 2.24) is 25.5 Å². The van der Waals surface area contributed by atoms with Gasteiger partial charge in [-0.2, -0.15) is 4.68 Å². The second-order valence-corrected chi connectivity index (χ2v) is 4.33. The minimum atomic E-state index is -0.650. The van der Waals surface area contributed by atoms with Gasteiger partial charge in [0.15, 0.2) is 11.6 Å². The van der Waals surface area contributed by atoms with Crippen LogP contribution in [0.25, 0.3) is 5.69 Å². The molecule has 0 saturated carbocycles. The number of tetrazole rings is 1. The molecule has 1 N–H and O–H groups in total. The van der Waals surface area contributed by atoms with Crippen LogP contribution in [0, 0.1) is 5.82 Å². The summed E-state index contributed by atoms with van der Waals surface area (Å²) in [5, 5.41) is 14.2. The van der Waals surface area contributed by atoms with Gasteiger partial charge in [0, 0.05) is 0 Å². The van der Waals surface area contributed by atoms with Gasteiger partial charge in [-0.05, 0) is 29.1 Å². The van der Waals surface area contributed by atoms with Gasteiger partial charge in [-0.1, -0.05) is 30.1 Å². The maximum Gasteiger partial charge on any atom is 0.170 e. The van der Waals surface area contributed by atoms with Crippen molar-refractivity contribution in [3.63, 3.8) is 0 Å². The second kappa shape index (κ2) is 5.60. The van der Waals surface area contributed by atoms with E-state index < -0.39 is 5.82 Å². The van der Waals surface area contributed by atoms with Crippen molar-refractivity contribution in [2.75, 3.05) is 6.54 Å². The van der Waals surface area contributed by atoms with Gasteiger partial charge in [0.05, 0.1) is 22.3 Å². The van der Waals surface area contributed by atoms with E-state index >= 15 is 0 Å². The van der Waals surface area contributed by atoms with Crippen LogP contribution in [-0.2, 0) is 6.54 Å². The van der Waals surface area contributed by atoms with Crippen molar-refractivity contribution in [3.8, 4) is 5.69 Å². The molecule has 0 fully saturated rings. The molecule has 2 rings (SSSR count). The first-order valence-corrected chi connectivity index (χ1v) is 6.02. The molecule has 0 amide bonds. The standard InChI is InChI=1S/C10H10Cl2FN5/c1-2-14-5-9-15-16-17-18(9)6-3-7(11)10(13)8(12)4-6/h3-4,14H,2,5H2,1H3. The first-order chi connectivity index (χ1) is 8.63. The van der Waals surface area contributed by atoms with Crippen molar-refractivity contribution in [1.29, 1.82) is 0 Å². The van der Waals surface area contributed by atoms with Crippen molar-refractivity contribution < 1.29 is 4.39 Å². The van der Waals surface area contributed by atoms with Crippen LogP contribution in [0.15, 0.2) is 12.1 Å². The Morgan fingerprint density at radius 2 is 2.00 bits per heavy atom. The molecule has 0 atom stereocenters. The molecule has 96 valence electrons. The monoisotopic (exact) mass is 289 g/mol. The smallest absolute Gasteiger partial charge is 0.170 e. The first kappa shape index (κ1) is 13.2. The molecule has 1 aromatic carbocycles. The summed E-state index contributed by atoms with van der Waals surface area (Å²) in [6.07, 6.45) is 0. The van der Waals surface area contributed by atoms with Crippen LogP contribution in [0.1, 0.15) is 12.7 Å². The average molecular weight is 290 g/mol. The minimum absolute atomic E-state index is 0.0672. The first-order valence-electron chi connectivity index (χ1n) is 5.26. The topological polar surface area (TPSA) is 55.6 Å². The summed E-state index contributed by atoms with van der Waals surface area (Å²) in [5.74, 6) is -0.0565. The Bertz CT molecular complexity index is 534. The van der Waals surface area contributed by atoms with E-state index in [0.717, 1.165) is 6.54 Å². The number of benzene rings is 1. The third-order valence-corrected chi connectivity index (χ3v) is 2.83. The fraction of sp³-hybridized carbons (Fsp3) is 0.300. The lowest BCUT2D eigenvalue weighted by atomic mass is 10.3. The van der Waals surface area contributed by atoms with E-state index in [2.05, 4.69) is 20.8 Å². The highest BCUT2D eigenvalue weighted by atomic mass is 35.5. The van der Waals surface area contributed by atoms with Crippen LogP contribution in [0.5, 0.6) is 0 Å². The summed E-state index contributed by atoms with van der Waals surface area (Å²) in [6.45, 7) is 3.26. The van der Waals surface area contributed by atoms with Crippen molar-refractivity contribution >= 4 is 23.2 Å². The zero-order valence-corrected chi connectivity index (χ0v) is 11.0. The van der Waals surface area contributed by atoms with Gasteiger partial charge < -0.3 is 5.32 Å². The molecule has 0 spiro atoms. The molecule has 18 heavy (non-hydrogen) atoms. The van der Waals surface area contributed by atoms with Gasteiger partial charge in [0.1, 0.15) is 0 Å². The van der Waals surface area contributed by atoms with Crippen LogP contribution in [0.3, 0.4) is 0 Å². The second-order valence-electron chi connectivity index (χ2n) is 3.51. The molecule has 0 aliphatic rings. The molecule has 0 radical (unpaired) electrons. The third kappa shape index (κ3) is 2.60. The van der Waals surface area contributed by atoms with E-state index in [1.165, 1.54) is 16.8 Å². The van der Waals surface area contributed by atoms with Gasteiger partial charge >= 0.3 is 0 Å². The van der Waals surface area contributed by atoms with E-state index in [1.807, 2.05) is 6.92 Å². The Hall–Kier alpha value is -1.24. The Morgan fingerprint density at radius 3 is 2.61 bits per heavy atom. The summed E-state index contributed by atoms with van der Waals surface area (Å²) in [5.41, 5.74) is 0.518.